The standard InChI is InChI=1S/C9H11FN2/c1-6-4-7(10)2-3-8(6)9(12)5-11/h2-5H,11-12H2,1H3/b9-5+. The monoisotopic (exact) mass is 166 g/mol. The summed E-state index contributed by atoms with van der Waals surface area (Å²) >= 11 is 0. The van der Waals surface area contributed by atoms with E-state index < -0.39 is 0 Å². The molecule has 0 aliphatic heterocycles. The third-order valence-electron chi connectivity index (χ3n) is 1.68. The van der Waals surface area contributed by atoms with Gasteiger partial charge in [0.25, 0.3) is 0 Å². The van der Waals surface area contributed by atoms with Gasteiger partial charge in [-0.25, -0.2) is 4.39 Å². The van der Waals surface area contributed by atoms with Crippen LogP contribution in [0.3, 0.4) is 0 Å². The zero-order chi connectivity index (χ0) is 9.14. The number of benzene rings is 1. The van der Waals surface area contributed by atoms with E-state index >= 15 is 0 Å². The molecule has 0 amide bonds. The van der Waals surface area contributed by atoms with Crippen LogP contribution in [0.15, 0.2) is 24.4 Å². The Kier molecular flexibility index (Phi) is 2.33. The minimum Gasteiger partial charge on any atom is -0.403 e. The zero-order valence-electron chi connectivity index (χ0n) is 6.84. The maximum Gasteiger partial charge on any atom is 0.123 e. The molecule has 64 valence electrons. The van der Waals surface area contributed by atoms with Crippen LogP contribution >= 0.6 is 0 Å². The molecule has 0 atom stereocenters. The van der Waals surface area contributed by atoms with Crippen molar-refractivity contribution in [3.8, 4) is 0 Å². The molecular formula is C9H11FN2. The van der Waals surface area contributed by atoms with Crippen LogP contribution in [0.25, 0.3) is 5.70 Å². The maximum absolute atomic E-state index is 12.6. The molecule has 1 aromatic carbocycles. The van der Waals surface area contributed by atoms with E-state index in [4.69, 9.17) is 11.5 Å². The first-order chi connectivity index (χ1) is 5.65. The normalized spacial score (nSPS) is 11.7. The second-order valence-electron chi connectivity index (χ2n) is 2.58. The highest BCUT2D eigenvalue weighted by Crippen LogP contribution is 2.14. The zero-order valence-corrected chi connectivity index (χ0v) is 6.84. The molecule has 12 heavy (non-hydrogen) atoms. The molecule has 0 fully saturated rings. The summed E-state index contributed by atoms with van der Waals surface area (Å²) in [7, 11) is 0. The molecule has 4 N–H and O–H groups in total. The van der Waals surface area contributed by atoms with Gasteiger partial charge in [0.1, 0.15) is 5.82 Å². The molecule has 0 spiro atoms. The highest BCUT2D eigenvalue weighted by atomic mass is 19.1. The minimum atomic E-state index is -0.263. The van der Waals surface area contributed by atoms with Gasteiger partial charge in [-0.1, -0.05) is 0 Å². The average molecular weight is 166 g/mol. The predicted molar refractivity (Wildman–Crippen MR) is 47.5 cm³/mol. The van der Waals surface area contributed by atoms with E-state index in [1.165, 1.54) is 18.3 Å². The summed E-state index contributed by atoms with van der Waals surface area (Å²) in [6.45, 7) is 1.79. The second-order valence-corrected chi connectivity index (χ2v) is 2.58. The van der Waals surface area contributed by atoms with Gasteiger partial charge in [-0.15, -0.1) is 0 Å². The van der Waals surface area contributed by atoms with Crippen molar-refractivity contribution in [2.24, 2.45) is 11.5 Å². The quantitative estimate of drug-likeness (QED) is 0.661. The molecule has 0 radical (unpaired) electrons. The average Bonchev–Trinajstić information content (AvgIpc) is 2.03. The first kappa shape index (κ1) is 8.59. The summed E-state index contributed by atoms with van der Waals surface area (Å²) in [5.41, 5.74) is 12.8. The maximum atomic E-state index is 12.6. The Morgan fingerprint density at radius 3 is 2.67 bits per heavy atom. The molecule has 0 heterocycles. The Morgan fingerprint density at radius 2 is 2.17 bits per heavy atom. The lowest BCUT2D eigenvalue weighted by Crippen LogP contribution is -2.01. The fourth-order valence-electron chi connectivity index (χ4n) is 1.04. The summed E-state index contributed by atoms with van der Waals surface area (Å²) < 4.78 is 12.6. The minimum absolute atomic E-state index is 0.263. The number of halogens is 1. The Labute approximate surface area is 70.7 Å². The van der Waals surface area contributed by atoms with Crippen molar-refractivity contribution in [1.82, 2.24) is 0 Å². The van der Waals surface area contributed by atoms with Gasteiger partial charge in [0.15, 0.2) is 0 Å². The van der Waals surface area contributed by atoms with Gasteiger partial charge in [0, 0.05) is 11.8 Å². The van der Waals surface area contributed by atoms with Crippen molar-refractivity contribution >= 4 is 5.70 Å². The van der Waals surface area contributed by atoms with Crippen LogP contribution < -0.4 is 11.5 Å². The van der Waals surface area contributed by atoms with Crippen molar-refractivity contribution in [3.05, 3.63) is 41.3 Å². The largest absolute Gasteiger partial charge is 0.403 e. The van der Waals surface area contributed by atoms with Gasteiger partial charge in [-0.3, -0.25) is 0 Å². The summed E-state index contributed by atoms with van der Waals surface area (Å²) in [4.78, 5) is 0. The fourth-order valence-corrected chi connectivity index (χ4v) is 1.04. The molecule has 0 bridgehead atoms. The number of hydrogen-bond acceptors (Lipinski definition) is 2. The Balaban J connectivity index is 3.18. The van der Waals surface area contributed by atoms with Crippen LogP contribution in [-0.2, 0) is 0 Å². The van der Waals surface area contributed by atoms with Crippen LogP contribution in [0, 0.1) is 12.7 Å². The number of rotatable bonds is 1. The summed E-state index contributed by atoms with van der Waals surface area (Å²) in [5.74, 6) is -0.263. The van der Waals surface area contributed by atoms with Crippen LogP contribution in [0.5, 0.6) is 0 Å². The van der Waals surface area contributed by atoms with Gasteiger partial charge in [-0.05, 0) is 30.7 Å². The van der Waals surface area contributed by atoms with E-state index in [-0.39, 0.29) is 5.82 Å². The van der Waals surface area contributed by atoms with E-state index in [0.29, 0.717) is 5.70 Å². The fraction of sp³-hybridized carbons (Fsp3) is 0.111. The highest BCUT2D eigenvalue weighted by molar-refractivity contribution is 5.64. The molecule has 0 saturated carbocycles. The molecule has 0 unspecified atom stereocenters. The van der Waals surface area contributed by atoms with Crippen LogP contribution in [0.1, 0.15) is 11.1 Å². The van der Waals surface area contributed by atoms with Crippen molar-refractivity contribution in [3.63, 3.8) is 0 Å². The summed E-state index contributed by atoms with van der Waals surface area (Å²) in [6.07, 6.45) is 1.31. The first-order valence-corrected chi connectivity index (χ1v) is 3.59. The molecule has 0 aliphatic carbocycles. The SMILES string of the molecule is Cc1cc(F)ccc1/C(N)=C\N. The number of hydrogen-bond donors (Lipinski definition) is 2. The van der Waals surface area contributed by atoms with Gasteiger partial charge in [0.05, 0.1) is 5.70 Å². The van der Waals surface area contributed by atoms with Crippen molar-refractivity contribution in [2.45, 2.75) is 6.92 Å². The lowest BCUT2D eigenvalue weighted by atomic mass is 10.1. The van der Waals surface area contributed by atoms with E-state index in [1.54, 1.807) is 13.0 Å². The first-order valence-electron chi connectivity index (χ1n) is 3.59. The number of nitrogens with two attached hydrogens (primary N) is 2. The third kappa shape index (κ3) is 1.56. The molecular weight excluding hydrogens is 155 g/mol. The molecule has 0 saturated heterocycles. The lowest BCUT2D eigenvalue weighted by Gasteiger charge is -2.04. The highest BCUT2D eigenvalue weighted by Gasteiger charge is 2.01. The van der Waals surface area contributed by atoms with Crippen LogP contribution in [0.4, 0.5) is 4.39 Å². The Bertz CT molecular complexity index is 318. The molecule has 0 aromatic heterocycles. The third-order valence-corrected chi connectivity index (χ3v) is 1.68. The summed E-state index contributed by atoms with van der Waals surface area (Å²) in [6, 6.07) is 4.40. The second kappa shape index (κ2) is 3.26. The van der Waals surface area contributed by atoms with E-state index in [9.17, 15) is 4.39 Å². The van der Waals surface area contributed by atoms with Crippen molar-refractivity contribution in [2.75, 3.05) is 0 Å². The van der Waals surface area contributed by atoms with Gasteiger partial charge in [-0.2, -0.15) is 0 Å². The van der Waals surface area contributed by atoms with E-state index in [1.807, 2.05) is 0 Å². The molecule has 0 aliphatic rings. The van der Waals surface area contributed by atoms with Crippen molar-refractivity contribution in [1.29, 1.82) is 0 Å². The molecule has 1 aromatic rings. The van der Waals surface area contributed by atoms with Gasteiger partial charge < -0.3 is 11.5 Å². The van der Waals surface area contributed by atoms with E-state index in [0.717, 1.165) is 11.1 Å². The van der Waals surface area contributed by atoms with Crippen LogP contribution in [0.2, 0.25) is 0 Å². The lowest BCUT2D eigenvalue weighted by molar-refractivity contribution is 0.626. The topological polar surface area (TPSA) is 52.0 Å². The van der Waals surface area contributed by atoms with Gasteiger partial charge >= 0.3 is 0 Å². The Morgan fingerprint density at radius 1 is 1.50 bits per heavy atom. The number of aryl methyl sites for hydroxylation is 1. The molecule has 1 rings (SSSR count). The predicted octanol–water partition coefficient (Wildman–Crippen LogP) is 1.35. The molecule has 3 heteroatoms. The smallest absolute Gasteiger partial charge is 0.123 e. The molecule has 2 nitrogen and oxygen atoms in total. The van der Waals surface area contributed by atoms with Crippen LogP contribution in [-0.4, -0.2) is 0 Å². The summed E-state index contributed by atoms with van der Waals surface area (Å²) in [5, 5.41) is 0. The van der Waals surface area contributed by atoms with Crippen molar-refractivity contribution < 1.29 is 4.39 Å². The van der Waals surface area contributed by atoms with Gasteiger partial charge in [0.2, 0.25) is 0 Å². The Hall–Kier alpha value is -1.51. The van der Waals surface area contributed by atoms with E-state index in [2.05, 4.69) is 0 Å².